The van der Waals surface area contributed by atoms with Gasteiger partial charge in [0.2, 0.25) is 15.8 Å². The highest BCUT2D eigenvalue weighted by Gasteiger charge is 2.43. The quantitative estimate of drug-likeness (QED) is 0.543. The van der Waals surface area contributed by atoms with Gasteiger partial charge >= 0.3 is 0 Å². The minimum Gasteiger partial charge on any atom is -0.380 e. The maximum absolute atomic E-state index is 13.3. The highest BCUT2D eigenvalue weighted by molar-refractivity contribution is 7.89. The number of halogens is 2. The summed E-state index contributed by atoms with van der Waals surface area (Å²) in [5, 5.41) is 4.77. The van der Waals surface area contributed by atoms with Crippen LogP contribution in [0.3, 0.4) is 0 Å². The van der Waals surface area contributed by atoms with E-state index in [9.17, 15) is 17.2 Å². The number of nitrogens with one attached hydrogen (secondary N) is 1. The van der Waals surface area contributed by atoms with Gasteiger partial charge in [0.05, 0.1) is 35.4 Å². The lowest BCUT2D eigenvalue weighted by Gasteiger charge is -2.47. The monoisotopic (exact) mass is 510 g/mol. The van der Waals surface area contributed by atoms with Crippen LogP contribution in [0.2, 0.25) is 0 Å². The Morgan fingerprint density at radius 2 is 1.91 bits per heavy atom. The molecule has 2 aliphatic heterocycles. The molecule has 3 aromatic heterocycles. The SMILES string of the molecule is CC1(NS(=O)(=O)c2cc(N3CCC4(CC3)COC4)n3ncc(-c4nc(C(F)F)ns4)c3c2)CC1. The Labute approximate surface area is 199 Å². The summed E-state index contributed by atoms with van der Waals surface area (Å²) < 4.78 is 66.4. The van der Waals surface area contributed by atoms with Gasteiger partial charge in [-0.25, -0.2) is 31.4 Å². The number of pyridine rings is 1. The summed E-state index contributed by atoms with van der Waals surface area (Å²) in [4.78, 5) is 6.21. The number of alkyl halides is 2. The number of hydrogen-bond donors (Lipinski definition) is 1. The number of fused-ring (bicyclic) bond motifs is 1. The Morgan fingerprint density at radius 1 is 1.18 bits per heavy atom. The van der Waals surface area contributed by atoms with Gasteiger partial charge in [-0.1, -0.05) is 0 Å². The van der Waals surface area contributed by atoms with E-state index < -0.39 is 27.8 Å². The van der Waals surface area contributed by atoms with E-state index in [1.165, 1.54) is 12.3 Å². The first kappa shape index (κ1) is 22.3. The highest BCUT2D eigenvalue weighted by Crippen LogP contribution is 2.41. The number of hydrogen-bond acceptors (Lipinski definition) is 8. The fourth-order valence-electron chi connectivity index (χ4n) is 4.58. The van der Waals surface area contributed by atoms with Gasteiger partial charge in [-0.3, -0.25) is 0 Å². The number of anilines is 1. The lowest BCUT2D eigenvalue weighted by atomic mass is 9.77. The second-order valence-corrected chi connectivity index (χ2v) is 12.2. The van der Waals surface area contributed by atoms with Crippen molar-refractivity contribution in [2.75, 3.05) is 31.2 Å². The zero-order chi connectivity index (χ0) is 23.7. The van der Waals surface area contributed by atoms with Crippen LogP contribution < -0.4 is 9.62 Å². The number of aromatic nitrogens is 4. The van der Waals surface area contributed by atoms with E-state index in [2.05, 4.69) is 24.1 Å². The van der Waals surface area contributed by atoms with E-state index >= 15 is 0 Å². The molecule has 182 valence electrons. The Bertz CT molecular complexity index is 1350. The van der Waals surface area contributed by atoms with E-state index in [0.29, 0.717) is 16.9 Å². The first-order valence-electron chi connectivity index (χ1n) is 11.2. The summed E-state index contributed by atoms with van der Waals surface area (Å²) in [6, 6.07) is 3.19. The average molecular weight is 511 g/mol. The molecule has 1 N–H and O–H groups in total. The van der Waals surface area contributed by atoms with Crippen LogP contribution in [0.5, 0.6) is 0 Å². The zero-order valence-electron chi connectivity index (χ0n) is 18.5. The van der Waals surface area contributed by atoms with Gasteiger partial charge in [0.15, 0.2) is 0 Å². The van der Waals surface area contributed by atoms with Gasteiger partial charge in [0.1, 0.15) is 10.8 Å². The summed E-state index contributed by atoms with van der Waals surface area (Å²) >= 11 is 0.849. The van der Waals surface area contributed by atoms with Crippen LogP contribution in [0.1, 0.15) is 44.9 Å². The minimum absolute atomic E-state index is 0.121. The Morgan fingerprint density at radius 3 is 2.50 bits per heavy atom. The molecule has 1 aliphatic carbocycles. The predicted molar refractivity (Wildman–Crippen MR) is 122 cm³/mol. The van der Waals surface area contributed by atoms with Crippen LogP contribution in [0, 0.1) is 5.41 Å². The molecule has 3 aliphatic rings. The van der Waals surface area contributed by atoms with Gasteiger partial charge in [0.25, 0.3) is 6.43 Å². The fraction of sp³-hybridized carbons (Fsp3) is 0.571. The third kappa shape index (κ3) is 3.78. The Hall–Kier alpha value is -2.22. The second-order valence-electron chi connectivity index (χ2n) is 9.81. The minimum atomic E-state index is -3.80. The maximum Gasteiger partial charge on any atom is 0.298 e. The average Bonchev–Trinajstić information content (AvgIpc) is 3.18. The Kier molecular flexibility index (Phi) is 5.00. The number of piperidine rings is 1. The van der Waals surface area contributed by atoms with Crippen molar-refractivity contribution in [1.82, 2.24) is 23.7 Å². The van der Waals surface area contributed by atoms with Crippen LogP contribution >= 0.6 is 11.5 Å². The van der Waals surface area contributed by atoms with E-state index in [1.54, 1.807) is 10.6 Å². The molecule has 0 unspecified atom stereocenters. The molecular formula is C21H24F2N6O3S2. The summed E-state index contributed by atoms with van der Waals surface area (Å²) in [6.45, 7) is 4.91. The van der Waals surface area contributed by atoms with Crippen molar-refractivity contribution in [3.8, 4) is 10.6 Å². The van der Waals surface area contributed by atoms with Crippen molar-refractivity contribution >= 4 is 32.9 Å². The van der Waals surface area contributed by atoms with E-state index in [-0.39, 0.29) is 15.3 Å². The van der Waals surface area contributed by atoms with Gasteiger partial charge in [0, 0.05) is 30.1 Å². The van der Waals surface area contributed by atoms with Crippen molar-refractivity contribution in [1.29, 1.82) is 0 Å². The predicted octanol–water partition coefficient (Wildman–Crippen LogP) is 3.24. The normalized spacial score (nSPS) is 21.4. The van der Waals surface area contributed by atoms with Gasteiger partial charge in [-0.2, -0.15) is 9.47 Å². The summed E-state index contributed by atoms with van der Waals surface area (Å²) in [5.74, 6) is 0.106. The molecule has 0 atom stereocenters. The molecule has 0 radical (unpaired) electrons. The standard InChI is InChI=1S/C21H24F2N6O3S2/c1-20(2-3-20)27-34(30,31)13-8-15-14(19-25-18(17(22)23)26-33-19)10-24-29(15)16(9-13)28-6-4-21(5-7-28)11-32-12-21/h8-10,17,27H,2-7,11-12H2,1H3. The zero-order valence-corrected chi connectivity index (χ0v) is 20.1. The van der Waals surface area contributed by atoms with Crippen LogP contribution in [0.25, 0.3) is 16.1 Å². The number of sulfonamides is 1. The van der Waals surface area contributed by atoms with E-state index in [1.807, 2.05) is 6.92 Å². The van der Waals surface area contributed by atoms with Crippen molar-refractivity contribution in [3.63, 3.8) is 0 Å². The topological polar surface area (TPSA) is 102 Å². The summed E-state index contributed by atoms with van der Waals surface area (Å²) in [7, 11) is -3.80. The van der Waals surface area contributed by atoms with Crippen molar-refractivity contribution in [2.45, 2.75) is 49.5 Å². The molecule has 1 spiro atoms. The first-order valence-corrected chi connectivity index (χ1v) is 13.4. The largest absolute Gasteiger partial charge is 0.380 e. The number of nitrogens with zero attached hydrogens (tertiary/aromatic N) is 5. The molecule has 9 nitrogen and oxygen atoms in total. The molecule has 0 bridgehead atoms. The first-order chi connectivity index (χ1) is 16.2. The van der Waals surface area contributed by atoms with Crippen LogP contribution in [0.15, 0.2) is 23.2 Å². The molecule has 1 saturated carbocycles. The second kappa shape index (κ2) is 7.64. The van der Waals surface area contributed by atoms with Crippen molar-refractivity contribution in [2.24, 2.45) is 5.41 Å². The molecule has 34 heavy (non-hydrogen) atoms. The van der Waals surface area contributed by atoms with E-state index in [0.717, 1.165) is 63.5 Å². The number of rotatable bonds is 6. The molecule has 5 heterocycles. The van der Waals surface area contributed by atoms with Crippen LogP contribution in [-0.4, -0.2) is 59.2 Å². The fourth-order valence-corrected chi connectivity index (χ4v) is 6.77. The Balaban J connectivity index is 1.45. The summed E-state index contributed by atoms with van der Waals surface area (Å²) in [5.41, 5.74) is 0.750. The third-order valence-electron chi connectivity index (χ3n) is 7.10. The van der Waals surface area contributed by atoms with Gasteiger partial charge in [-0.15, -0.1) is 0 Å². The van der Waals surface area contributed by atoms with Crippen LogP contribution in [-0.2, 0) is 14.8 Å². The third-order valence-corrected chi connectivity index (χ3v) is 9.48. The molecule has 0 aromatic carbocycles. The van der Waals surface area contributed by atoms with Crippen molar-refractivity contribution < 1.29 is 21.9 Å². The molecular weight excluding hydrogens is 486 g/mol. The number of ether oxygens (including phenoxy) is 1. The smallest absolute Gasteiger partial charge is 0.298 e. The highest BCUT2D eigenvalue weighted by atomic mass is 32.2. The molecule has 13 heteroatoms. The maximum atomic E-state index is 13.3. The van der Waals surface area contributed by atoms with Crippen molar-refractivity contribution in [3.05, 3.63) is 24.2 Å². The van der Waals surface area contributed by atoms with Gasteiger partial charge in [-0.05, 0) is 50.2 Å². The molecule has 2 saturated heterocycles. The summed E-state index contributed by atoms with van der Waals surface area (Å²) in [6.07, 6.45) is 2.23. The van der Waals surface area contributed by atoms with Crippen LogP contribution in [0.4, 0.5) is 14.6 Å². The molecule has 0 amide bonds. The van der Waals surface area contributed by atoms with E-state index in [4.69, 9.17) is 4.74 Å². The lowest BCUT2D eigenvalue weighted by Crippen LogP contribution is -2.51. The lowest BCUT2D eigenvalue weighted by molar-refractivity contribution is -0.124. The molecule has 3 fully saturated rings. The molecule has 3 aromatic rings. The molecule has 6 rings (SSSR count). The van der Waals surface area contributed by atoms with Gasteiger partial charge < -0.3 is 9.64 Å².